The molecule has 2 atom stereocenters. The molecule has 25 heavy (non-hydrogen) atoms. The molecule has 1 saturated heterocycles. The molecule has 2 heterocycles. The summed E-state index contributed by atoms with van der Waals surface area (Å²) in [7, 11) is 0. The SMILES string of the molecule is CCC(NC(=O)C1CCNCC1)C(c1ccc(C)cc1)n1cncn1. The van der Waals surface area contributed by atoms with Crippen LogP contribution in [0.15, 0.2) is 36.9 Å². The summed E-state index contributed by atoms with van der Waals surface area (Å²) in [6, 6.07) is 8.34. The van der Waals surface area contributed by atoms with Crippen molar-refractivity contribution in [1.29, 1.82) is 0 Å². The van der Waals surface area contributed by atoms with Crippen molar-refractivity contribution in [1.82, 2.24) is 25.4 Å². The first-order valence-electron chi connectivity index (χ1n) is 9.10. The van der Waals surface area contributed by atoms with Gasteiger partial charge in [0.2, 0.25) is 5.91 Å². The average Bonchev–Trinajstić information content (AvgIpc) is 3.17. The van der Waals surface area contributed by atoms with Gasteiger partial charge in [-0.15, -0.1) is 0 Å². The number of hydrogen-bond acceptors (Lipinski definition) is 4. The zero-order valence-electron chi connectivity index (χ0n) is 15.0. The summed E-state index contributed by atoms with van der Waals surface area (Å²) < 4.78 is 1.85. The molecule has 1 aromatic heterocycles. The number of aryl methyl sites for hydroxylation is 1. The van der Waals surface area contributed by atoms with E-state index < -0.39 is 0 Å². The monoisotopic (exact) mass is 341 g/mol. The number of amides is 1. The Balaban J connectivity index is 1.82. The molecule has 1 amide bonds. The normalized spacial score (nSPS) is 17.8. The molecule has 0 radical (unpaired) electrons. The maximum Gasteiger partial charge on any atom is 0.223 e. The molecule has 1 fully saturated rings. The highest BCUT2D eigenvalue weighted by Crippen LogP contribution is 2.24. The summed E-state index contributed by atoms with van der Waals surface area (Å²) in [5, 5.41) is 10.9. The molecular weight excluding hydrogens is 314 g/mol. The van der Waals surface area contributed by atoms with Gasteiger partial charge in [-0.05, 0) is 44.8 Å². The van der Waals surface area contributed by atoms with Crippen LogP contribution in [0, 0.1) is 12.8 Å². The number of nitrogens with one attached hydrogen (secondary N) is 2. The van der Waals surface area contributed by atoms with Crippen LogP contribution in [0.25, 0.3) is 0 Å². The number of benzene rings is 1. The summed E-state index contributed by atoms with van der Waals surface area (Å²) in [4.78, 5) is 16.8. The Kier molecular flexibility index (Phi) is 5.81. The van der Waals surface area contributed by atoms with Crippen LogP contribution in [0.4, 0.5) is 0 Å². The molecule has 2 N–H and O–H groups in total. The van der Waals surface area contributed by atoms with E-state index in [9.17, 15) is 4.79 Å². The minimum absolute atomic E-state index is 0.0215. The lowest BCUT2D eigenvalue weighted by Crippen LogP contribution is -2.46. The van der Waals surface area contributed by atoms with E-state index >= 15 is 0 Å². The Morgan fingerprint density at radius 1 is 1.32 bits per heavy atom. The van der Waals surface area contributed by atoms with Gasteiger partial charge < -0.3 is 10.6 Å². The predicted molar refractivity (Wildman–Crippen MR) is 97.2 cm³/mol. The van der Waals surface area contributed by atoms with Crippen LogP contribution >= 0.6 is 0 Å². The van der Waals surface area contributed by atoms with E-state index in [1.807, 2.05) is 4.68 Å². The van der Waals surface area contributed by atoms with E-state index in [-0.39, 0.29) is 23.9 Å². The van der Waals surface area contributed by atoms with Crippen molar-refractivity contribution in [3.05, 3.63) is 48.0 Å². The number of hydrogen-bond donors (Lipinski definition) is 2. The van der Waals surface area contributed by atoms with Gasteiger partial charge in [0.05, 0.1) is 12.1 Å². The highest BCUT2D eigenvalue weighted by atomic mass is 16.2. The van der Waals surface area contributed by atoms with E-state index in [4.69, 9.17) is 0 Å². The summed E-state index contributed by atoms with van der Waals surface area (Å²) in [6.45, 7) is 6.01. The Labute approximate surface area is 149 Å². The molecule has 0 saturated carbocycles. The van der Waals surface area contributed by atoms with E-state index in [0.717, 1.165) is 37.9 Å². The molecule has 0 aliphatic carbocycles. The smallest absolute Gasteiger partial charge is 0.223 e. The fourth-order valence-corrected chi connectivity index (χ4v) is 3.48. The average molecular weight is 341 g/mol. The van der Waals surface area contributed by atoms with Crippen molar-refractivity contribution in [3.63, 3.8) is 0 Å². The molecule has 0 bridgehead atoms. The van der Waals surface area contributed by atoms with Crippen molar-refractivity contribution in [2.45, 2.75) is 45.2 Å². The molecule has 1 aromatic carbocycles. The molecular formula is C19H27N5O. The fraction of sp³-hybridized carbons (Fsp3) is 0.526. The summed E-state index contributed by atoms with van der Waals surface area (Å²) >= 11 is 0. The standard InChI is InChI=1S/C19H27N5O/c1-3-17(23-19(25)16-8-10-20-11-9-16)18(24-13-21-12-22-24)15-6-4-14(2)5-7-15/h4-7,12-13,16-18,20H,3,8-11H2,1-2H3,(H,23,25). The zero-order valence-corrected chi connectivity index (χ0v) is 15.0. The van der Waals surface area contributed by atoms with Crippen molar-refractivity contribution < 1.29 is 4.79 Å². The molecule has 6 nitrogen and oxygen atoms in total. The second-order valence-corrected chi connectivity index (χ2v) is 6.78. The maximum absolute atomic E-state index is 12.7. The van der Waals surface area contributed by atoms with Gasteiger partial charge in [-0.1, -0.05) is 36.8 Å². The van der Waals surface area contributed by atoms with Gasteiger partial charge in [0.15, 0.2) is 0 Å². The highest BCUT2D eigenvalue weighted by Gasteiger charge is 2.29. The number of rotatable bonds is 6. The van der Waals surface area contributed by atoms with Crippen molar-refractivity contribution in [3.8, 4) is 0 Å². The van der Waals surface area contributed by atoms with Crippen LogP contribution in [0.1, 0.15) is 43.4 Å². The van der Waals surface area contributed by atoms with Gasteiger partial charge in [0.25, 0.3) is 0 Å². The van der Waals surface area contributed by atoms with Crippen LogP contribution < -0.4 is 10.6 Å². The number of aromatic nitrogens is 3. The van der Waals surface area contributed by atoms with Crippen molar-refractivity contribution in [2.24, 2.45) is 5.92 Å². The summed E-state index contributed by atoms with van der Waals surface area (Å²) in [5.41, 5.74) is 2.35. The number of carbonyl (C=O) groups is 1. The third kappa shape index (κ3) is 4.25. The fourth-order valence-electron chi connectivity index (χ4n) is 3.48. The molecule has 2 unspecified atom stereocenters. The lowest BCUT2D eigenvalue weighted by molar-refractivity contribution is -0.126. The molecule has 1 aliphatic heterocycles. The quantitative estimate of drug-likeness (QED) is 0.844. The summed E-state index contributed by atoms with van der Waals surface area (Å²) in [5.74, 6) is 0.260. The number of carbonyl (C=O) groups excluding carboxylic acids is 1. The van der Waals surface area contributed by atoms with E-state index in [2.05, 4.69) is 58.8 Å². The van der Waals surface area contributed by atoms with Gasteiger partial charge in [-0.25, -0.2) is 9.67 Å². The minimum Gasteiger partial charge on any atom is -0.351 e. The first kappa shape index (κ1) is 17.6. The van der Waals surface area contributed by atoms with Gasteiger partial charge >= 0.3 is 0 Å². The third-order valence-corrected chi connectivity index (χ3v) is 5.00. The van der Waals surface area contributed by atoms with Crippen LogP contribution in [0.5, 0.6) is 0 Å². The van der Waals surface area contributed by atoms with Gasteiger partial charge in [0.1, 0.15) is 12.7 Å². The maximum atomic E-state index is 12.7. The topological polar surface area (TPSA) is 71.8 Å². The van der Waals surface area contributed by atoms with Crippen LogP contribution in [0.2, 0.25) is 0 Å². The third-order valence-electron chi connectivity index (χ3n) is 5.00. The summed E-state index contributed by atoms with van der Waals surface area (Å²) in [6.07, 6.45) is 5.91. The minimum atomic E-state index is -0.0567. The van der Waals surface area contributed by atoms with Crippen LogP contribution in [0.3, 0.4) is 0 Å². The predicted octanol–water partition coefficient (Wildman–Crippen LogP) is 2.07. The Morgan fingerprint density at radius 2 is 2.04 bits per heavy atom. The second kappa shape index (κ2) is 8.25. The molecule has 134 valence electrons. The lowest BCUT2D eigenvalue weighted by atomic mass is 9.93. The second-order valence-electron chi connectivity index (χ2n) is 6.78. The molecule has 6 heteroatoms. The Hall–Kier alpha value is -2.21. The largest absolute Gasteiger partial charge is 0.351 e. The first-order valence-corrected chi connectivity index (χ1v) is 9.10. The first-order chi connectivity index (χ1) is 12.2. The van der Waals surface area contributed by atoms with Crippen molar-refractivity contribution in [2.75, 3.05) is 13.1 Å². The van der Waals surface area contributed by atoms with E-state index in [1.165, 1.54) is 5.56 Å². The van der Waals surface area contributed by atoms with Crippen LogP contribution in [-0.2, 0) is 4.79 Å². The number of nitrogens with zero attached hydrogens (tertiary/aromatic N) is 3. The van der Waals surface area contributed by atoms with Gasteiger partial charge in [-0.3, -0.25) is 4.79 Å². The van der Waals surface area contributed by atoms with E-state index in [0.29, 0.717) is 0 Å². The van der Waals surface area contributed by atoms with Crippen molar-refractivity contribution >= 4 is 5.91 Å². The Morgan fingerprint density at radius 3 is 2.64 bits per heavy atom. The van der Waals surface area contributed by atoms with Gasteiger partial charge in [-0.2, -0.15) is 5.10 Å². The van der Waals surface area contributed by atoms with Crippen LogP contribution in [-0.4, -0.2) is 39.8 Å². The van der Waals surface area contributed by atoms with E-state index in [1.54, 1.807) is 12.7 Å². The molecule has 3 rings (SSSR count). The highest BCUT2D eigenvalue weighted by molar-refractivity contribution is 5.79. The zero-order chi connectivity index (χ0) is 17.6. The molecule has 1 aliphatic rings. The van der Waals surface area contributed by atoms with Gasteiger partial charge in [0, 0.05) is 5.92 Å². The number of piperidine rings is 1. The lowest BCUT2D eigenvalue weighted by Gasteiger charge is -2.30. The molecule has 0 spiro atoms. The molecule has 2 aromatic rings. The Bertz CT molecular complexity index is 662.